The Bertz CT molecular complexity index is 420. The predicted octanol–water partition coefficient (Wildman–Crippen LogP) is 1.39. The van der Waals surface area contributed by atoms with Gasteiger partial charge in [0.05, 0.1) is 12.6 Å². The molecular formula is C13H15NO3. The van der Waals surface area contributed by atoms with Crippen LogP contribution in [-0.4, -0.2) is 34.8 Å². The fourth-order valence-corrected chi connectivity index (χ4v) is 2.46. The standard InChI is InChI=1S/C13H15NO3/c15-12-7-14(11-6-10(11)12)13(16)17-8-9-4-2-1-3-5-9/h1-5,10-12,15H,6-8H2. The number of carbonyl (C=O) groups is 1. The first-order valence-corrected chi connectivity index (χ1v) is 5.91. The number of ether oxygens (including phenoxy) is 1. The lowest BCUT2D eigenvalue weighted by Gasteiger charge is -2.18. The van der Waals surface area contributed by atoms with Crippen molar-refractivity contribution in [2.75, 3.05) is 6.54 Å². The minimum atomic E-state index is -0.357. The Morgan fingerprint density at radius 3 is 2.76 bits per heavy atom. The summed E-state index contributed by atoms with van der Waals surface area (Å²) in [6.45, 7) is 0.715. The second kappa shape index (κ2) is 4.04. The minimum Gasteiger partial charge on any atom is -0.445 e. The number of β-amino-alcohol motifs (C(OH)–C–C–N with tert-alkyl or cyclic N) is 1. The molecule has 1 N–H and O–H groups in total. The number of piperidine rings is 1. The molecule has 1 aromatic rings. The molecule has 0 aromatic heterocycles. The lowest BCUT2D eigenvalue weighted by Crippen LogP contribution is -2.33. The van der Waals surface area contributed by atoms with Crippen molar-refractivity contribution in [3.05, 3.63) is 35.9 Å². The first kappa shape index (κ1) is 10.6. The maximum Gasteiger partial charge on any atom is 0.410 e. The van der Waals surface area contributed by atoms with Gasteiger partial charge in [0.2, 0.25) is 0 Å². The number of likely N-dealkylation sites (tertiary alicyclic amines) is 1. The van der Waals surface area contributed by atoms with E-state index < -0.39 is 0 Å². The van der Waals surface area contributed by atoms with E-state index in [2.05, 4.69) is 0 Å². The van der Waals surface area contributed by atoms with Crippen LogP contribution < -0.4 is 0 Å². The third-order valence-corrected chi connectivity index (χ3v) is 3.52. The maximum atomic E-state index is 11.8. The van der Waals surface area contributed by atoms with Crippen LogP contribution in [0.4, 0.5) is 4.79 Å². The average molecular weight is 233 g/mol. The number of hydrogen-bond acceptors (Lipinski definition) is 3. The zero-order valence-electron chi connectivity index (χ0n) is 9.45. The molecule has 4 heteroatoms. The van der Waals surface area contributed by atoms with Crippen LogP contribution >= 0.6 is 0 Å². The lowest BCUT2D eigenvalue weighted by molar-refractivity contribution is 0.0859. The van der Waals surface area contributed by atoms with Gasteiger partial charge in [-0.3, -0.25) is 0 Å². The van der Waals surface area contributed by atoms with Crippen molar-refractivity contribution in [2.45, 2.75) is 25.2 Å². The Hall–Kier alpha value is -1.55. The number of aliphatic hydroxyl groups is 1. The second-order valence-electron chi connectivity index (χ2n) is 4.73. The van der Waals surface area contributed by atoms with E-state index in [4.69, 9.17) is 4.74 Å². The van der Waals surface area contributed by atoms with E-state index in [1.54, 1.807) is 4.90 Å². The van der Waals surface area contributed by atoms with Crippen molar-refractivity contribution >= 4 is 6.09 Å². The molecule has 0 bridgehead atoms. The summed E-state index contributed by atoms with van der Waals surface area (Å²) in [7, 11) is 0. The highest BCUT2D eigenvalue weighted by Crippen LogP contribution is 2.44. The van der Waals surface area contributed by atoms with E-state index in [0.29, 0.717) is 19.1 Å². The second-order valence-corrected chi connectivity index (χ2v) is 4.73. The third-order valence-electron chi connectivity index (χ3n) is 3.52. The summed E-state index contributed by atoms with van der Waals surface area (Å²) in [4.78, 5) is 13.4. The van der Waals surface area contributed by atoms with E-state index in [1.165, 1.54) is 0 Å². The van der Waals surface area contributed by atoms with Crippen molar-refractivity contribution < 1.29 is 14.6 Å². The average Bonchev–Trinajstić information content (AvgIpc) is 3.08. The van der Waals surface area contributed by atoms with Crippen molar-refractivity contribution in [1.29, 1.82) is 0 Å². The van der Waals surface area contributed by atoms with E-state index in [-0.39, 0.29) is 18.2 Å². The molecule has 1 amide bonds. The Kier molecular flexibility index (Phi) is 2.52. The number of carbonyl (C=O) groups excluding carboxylic acids is 1. The molecule has 1 saturated carbocycles. The van der Waals surface area contributed by atoms with Crippen LogP contribution in [0.2, 0.25) is 0 Å². The maximum absolute atomic E-state index is 11.8. The van der Waals surface area contributed by atoms with Crippen LogP contribution in [0.1, 0.15) is 12.0 Å². The highest BCUT2D eigenvalue weighted by atomic mass is 16.6. The molecule has 1 saturated heterocycles. The highest BCUT2D eigenvalue weighted by Gasteiger charge is 2.55. The summed E-state index contributed by atoms with van der Waals surface area (Å²) in [5.74, 6) is 0.291. The van der Waals surface area contributed by atoms with Gasteiger partial charge in [-0.05, 0) is 12.0 Å². The fourth-order valence-electron chi connectivity index (χ4n) is 2.46. The molecule has 4 nitrogen and oxygen atoms in total. The molecule has 2 fully saturated rings. The first-order chi connectivity index (χ1) is 8.25. The molecule has 2 aliphatic rings. The van der Waals surface area contributed by atoms with Gasteiger partial charge in [-0.25, -0.2) is 4.79 Å². The number of rotatable bonds is 2. The first-order valence-electron chi connectivity index (χ1n) is 5.91. The van der Waals surface area contributed by atoms with Crippen LogP contribution in [0.15, 0.2) is 30.3 Å². The van der Waals surface area contributed by atoms with Crippen molar-refractivity contribution in [2.24, 2.45) is 5.92 Å². The molecule has 0 spiro atoms. The Morgan fingerprint density at radius 2 is 2.18 bits per heavy atom. The van der Waals surface area contributed by atoms with Gasteiger partial charge < -0.3 is 14.7 Å². The van der Waals surface area contributed by atoms with Gasteiger partial charge in [-0.15, -0.1) is 0 Å². The smallest absolute Gasteiger partial charge is 0.410 e. The summed E-state index contributed by atoms with van der Waals surface area (Å²) in [5.41, 5.74) is 0.980. The normalized spacial score (nSPS) is 29.9. The van der Waals surface area contributed by atoms with Gasteiger partial charge in [0.15, 0.2) is 0 Å². The zero-order chi connectivity index (χ0) is 11.8. The molecule has 90 valence electrons. The lowest BCUT2D eigenvalue weighted by atomic mass is 10.2. The van der Waals surface area contributed by atoms with Gasteiger partial charge in [-0.2, -0.15) is 0 Å². The van der Waals surface area contributed by atoms with Crippen molar-refractivity contribution in [1.82, 2.24) is 4.90 Å². The third kappa shape index (κ3) is 2.00. The summed E-state index contributed by atoms with van der Waals surface area (Å²) in [6, 6.07) is 9.82. The van der Waals surface area contributed by atoms with Gasteiger partial charge in [-0.1, -0.05) is 30.3 Å². The van der Waals surface area contributed by atoms with Crippen LogP contribution in [0.3, 0.4) is 0 Å². The van der Waals surface area contributed by atoms with Crippen LogP contribution in [0, 0.1) is 5.92 Å². The largest absolute Gasteiger partial charge is 0.445 e. The summed E-state index contributed by atoms with van der Waals surface area (Å²) in [6.07, 6.45) is 0.254. The summed E-state index contributed by atoms with van der Waals surface area (Å²) < 4.78 is 5.23. The molecule has 3 atom stereocenters. The summed E-state index contributed by atoms with van der Waals surface area (Å²) >= 11 is 0. The van der Waals surface area contributed by atoms with E-state index in [9.17, 15) is 9.90 Å². The molecule has 3 unspecified atom stereocenters. The minimum absolute atomic E-state index is 0.216. The zero-order valence-corrected chi connectivity index (χ0v) is 9.45. The monoisotopic (exact) mass is 233 g/mol. The van der Waals surface area contributed by atoms with Gasteiger partial charge >= 0.3 is 6.09 Å². The summed E-state index contributed by atoms with van der Waals surface area (Å²) in [5, 5.41) is 9.59. The SMILES string of the molecule is O=C(OCc1ccccc1)N1CC(O)C2CC21. The molecule has 1 aliphatic heterocycles. The van der Waals surface area contributed by atoms with Crippen LogP contribution in [0.25, 0.3) is 0 Å². The van der Waals surface area contributed by atoms with Crippen LogP contribution in [0.5, 0.6) is 0 Å². The van der Waals surface area contributed by atoms with Crippen LogP contribution in [-0.2, 0) is 11.3 Å². The molecule has 17 heavy (non-hydrogen) atoms. The Balaban J connectivity index is 1.54. The van der Waals surface area contributed by atoms with Crippen molar-refractivity contribution in [3.63, 3.8) is 0 Å². The van der Waals surface area contributed by atoms with Crippen molar-refractivity contribution in [3.8, 4) is 0 Å². The van der Waals surface area contributed by atoms with Gasteiger partial charge in [0, 0.05) is 12.0 Å². The van der Waals surface area contributed by atoms with E-state index in [1.807, 2.05) is 30.3 Å². The molecule has 1 aliphatic carbocycles. The number of aliphatic hydroxyl groups excluding tert-OH is 1. The Labute approximate surface area is 99.8 Å². The Morgan fingerprint density at radius 1 is 1.41 bits per heavy atom. The number of hydrogen-bond donors (Lipinski definition) is 1. The molecule has 3 rings (SSSR count). The topological polar surface area (TPSA) is 49.8 Å². The number of benzene rings is 1. The molecule has 0 radical (unpaired) electrons. The van der Waals surface area contributed by atoms with Gasteiger partial charge in [0.25, 0.3) is 0 Å². The highest BCUT2D eigenvalue weighted by molar-refractivity contribution is 5.69. The van der Waals surface area contributed by atoms with E-state index >= 15 is 0 Å². The molecular weight excluding hydrogens is 218 g/mol. The number of amides is 1. The number of fused-ring (bicyclic) bond motifs is 1. The van der Waals surface area contributed by atoms with E-state index in [0.717, 1.165) is 12.0 Å². The van der Waals surface area contributed by atoms with Gasteiger partial charge in [0.1, 0.15) is 6.61 Å². The molecule has 1 aromatic carbocycles. The number of nitrogens with zero attached hydrogens (tertiary/aromatic N) is 1. The fraction of sp³-hybridized carbons (Fsp3) is 0.462. The quantitative estimate of drug-likeness (QED) is 0.839. The predicted molar refractivity (Wildman–Crippen MR) is 61.2 cm³/mol. The molecule has 1 heterocycles.